The van der Waals surface area contributed by atoms with Crippen molar-refractivity contribution < 1.29 is 9.59 Å². The van der Waals surface area contributed by atoms with Crippen LogP contribution in [0.25, 0.3) is 6.08 Å². The van der Waals surface area contributed by atoms with Gasteiger partial charge in [-0.15, -0.1) is 11.3 Å². The van der Waals surface area contributed by atoms with Crippen LogP contribution in [0.4, 0.5) is 5.69 Å². The zero-order valence-electron chi connectivity index (χ0n) is 12.0. The Morgan fingerprint density at radius 1 is 1.30 bits per heavy atom. The molecule has 0 atom stereocenters. The second-order valence-corrected chi connectivity index (χ2v) is 7.19. The molecule has 116 valence electrons. The summed E-state index contributed by atoms with van der Waals surface area (Å²) in [5.41, 5.74) is 1.60. The number of amides is 2. The third-order valence-electron chi connectivity index (χ3n) is 3.33. The maximum Gasteiger partial charge on any atom is 0.270 e. The Hall–Kier alpha value is -1.83. The van der Waals surface area contributed by atoms with Gasteiger partial charge in [0, 0.05) is 9.35 Å². The van der Waals surface area contributed by atoms with E-state index >= 15 is 0 Å². The molecule has 1 aliphatic heterocycles. The number of carbonyl (C=O) groups excluding carboxylic acids is 2. The molecule has 1 aromatic carbocycles. The predicted octanol–water partition coefficient (Wildman–Crippen LogP) is 3.65. The standard InChI is InChI=1S/C16H11BrN2O2S2/c1-9-7-10(17)4-5-13(9)19-15(21)12(14(20)18-16(19)22)8-11-3-2-6-23-11/h2-8H,1H3,(H,18,20,22)/b12-8+. The van der Waals surface area contributed by atoms with Crippen molar-refractivity contribution >= 4 is 68.2 Å². The van der Waals surface area contributed by atoms with Gasteiger partial charge in [0.25, 0.3) is 11.8 Å². The van der Waals surface area contributed by atoms with Crippen LogP contribution in [-0.2, 0) is 9.59 Å². The molecule has 7 heteroatoms. The lowest BCUT2D eigenvalue weighted by Crippen LogP contribution is -2.54. The highest BCUT2D eigenvalue weighted by Crippen LogP contribution is 2.28. The maximum atomic E-state index is 12.8. The number of benzene rings is 1. The first-order valence-corrected chi connectivity index (χ1v) is 8.76. The van der Waals surface area contributed by atoms with Crippen LogP contribution in [0, 0.1) is 6.92 Å². The molecule has 0 saturated carbocycles. The number of nitrogens with zero attached hydrogens (tertiary/aromatic N) is 1. The number of thiophene rings is 1. The van der Waals surface area contributed by atoms with E-state index in [0.29, 0.717) is 5.69 Å². The van der Waals surface area contributed by atoms with Crippen molar-refractivity contribution in [3.05, 3.63) is 56.2 Å². The molecule has 23 heavy (non-hydrogen) atoms. The predicted molar refractivity (Wildman–Crippen MR) is 99.4 cm³/mol. The van der Waals surface area contributed by atoms with Gasteiger partial charge in [0.1, 0.15) is 5.57 Å². The summed E-state index contributed by atoms with van der Waals surface area (Å²) in [6.07, 6.45) is 1.59. The van der Waals surface area contributed by atoms with Crippen molar-refractivity contribution in [3.63, 3.8) is 0 Å². The summed E-state index contributed by atoms with van der Waals surface area (Å²) in [5, 5.41) is 4.56. The molecular formula is C16H11BrN2O2S2. The number of anilines is 1. The van der Waals surface area contributed by atoms with Crippen molar-refractivity contribution in [2.24, 2.45) is 0 Å². The molecule has 4 nitrogen and oxygen atoms in total. The molecule has 2 heterocycles. The van der Waals surface area contributed by atoms with Crippen LogP contribution in [0.2, 0.25) is 0 Å². The third-order valence-corrected chi connectivity index (χ3v) is 4.93. The fraction of sp³-hybridized carbons (Fsp3) is 0.0625. The zero-order valence-corrected chi connectivity index (χ0v) is 15.2. The SMILES string of the molecule is Cc1cc(Br)ccc1N1C(=O)/C(=C/c2cccs2)C(=O)NC1=S. The summed E-state index contributed by atoms with van der Waals surface area (Å²) in [5.74, 6) is -0.892. The number of hydrogen-bond acceptors (Lipinski definition) is 4. The van der Waals surface area contributed by atoms with Gasteiger partial charge in [0.2, 0.25) is 0 Å². The number of rotatable bonds is 2. The Morgan fingerprint density at radius 3 is 2.74 bits per heavy atom. The average molecular weight is 407 g/mol. The number of aryl methyl sites for hydroxylation is 1. The van der Waals surface area contributed by atoms with Crippen molar-refractivity contribution in [3.8, 4) is 0 Å². The fourth-order valence-corrected chi connectivity index (χ4v) is 3.67. The lowest BCUT2D eigenvalue weighted by molar-refractivity contribution is -0.122. The highest BCUT2D eigenvalue weighted by Gasteiger charge is 2.35. The van der Waals surface area contributed by atoms with Crippen LogP contribution >= 0.6 is 39.5 Å². The highest BCUT2D eigenvalue weighted by atomic mass is 79.9. The van der Waals surface area contributed by atoms with Crippen LogP contribution in [-0.4, -0.2) is 16.9 Å². The summed E-state index contributed by atoms with van der Waals surface area (Å²) in [6.45, 7) is 1.88. The first kappa shape index (κ1) is 16.0. The van der Waals surface area contributed by atoms with Gasteiger partial charge in [-0.1, -0.05) is 22.0 Å². The Balaban J connectivity index is 2.05. The van der Waals surface area contributed by atoms with Crippen LogP contribution in [0.3, 0.4) is 0 Å². The second kappa shape index (κ2) is 6.35. The lowest BCUT2D eigenvalue weighted by Gasteiger charge is -2.30. The normalized spacial score (nSPS) is 16.9. The van der Waals surface area contributed by atoms with Crippen molar-refractivity contribution in [1.29, 1.82) is 0 Å². The molecule has 1 N–H and O–H groups in total. The molecule has 3 rings (SSSR count). The first-order chi connectivity index (χ1) is 11.0. The van der Waals surface area contributed by atoms with E-state index in [1.807, 2.05) is 36.6 Å². The Labute approximate surface area is 150 Å². The third kappa shape index (κ3) is 3.12. The lowest BCUT2D eigenvalue weighted by atomic mass is 10.1. The number of carbonyl (C=O) groups is 2. The first-order valence-electron chi connectivity index (χ1n) is 6.68. The summed E-state index contributed by atoms with van der Waals surface area (Å²) >= 11 is 10.0. The van der Waals surface area contributed by atoms with E-state index in [0.717, 1.165) is 14.9 Å². The Morgan fingerprint density at radius 2 is 2.09 bits per heavy atom. The van der Waals surface area contributed by atoms with Gasteiger partial charge >= 0.3 is 0 Å². The van der Waals surface area contributed by atoms with Gasteiger partial charge in [-0.25, -0.2) is 0 Å². The van der Waals surface area contributed by atoms with E-state index < -0.39 is 11.8 Å². The summed E-state index contributed by atoms with van der Waals surface area (Å²) in [4.78, 5) is 27.1. The molecule has 2 amide bonds. The van der Waals surface area contributed by atoms with Crippen LogP contribution < -0.4 is 10.2 Å². The molecular weight excluding hydrogens is 396 g/mol. The summed E-state index contributed by atoms with van der Waals surface area (Å²) in [7, 11) is 0. The van der Waals surface area contributed by atoms with Gasteiger partial charge in [-0.3, -0.25) is 19.8 Å². The summed E-state index contributed by atoms with van der Waals surface area (Å²) < 4.78 is 0.910. The van der Waals surface area contributed by atoms with E-state index in [4.69, 9.17) is 12.2 Å². The van der Waals surface area contributed by atoms with Gasteiger partial charge in [0.15, 0.2) is 5.11 Å². The van der Waals surface area contributed by atoms with Gasteiger partial charge in [0.05, 0.1) is 5.69 Å². The number of nitrogens with one attached hydrogen (secondary N) is 1. The van der Waals surface area contributed by atoms with Crippen LogP contribution in [0.1, 0.15) is 10.4 Å². The topological polar surface area (TPSA) is 49.4 Å². The van der Waals surface area contributed by atoms with Crippen LogP contribution in [0.15, 0.2) is 45.8 Å². The minimum Gasteiger partial charge on any atom is -0.298 e. The number of hydrogen-bond donors (Lipinski definition) is 1. The van der Waals surface area contributed by atoms with Gasteiger partial charge in [-0.2, -0.15) is 0 Å². The van der Waals surface area contributed by atoms with Gasteiger partial charge in [-0.05, 0) is 60.4 Å². The highest BCUT2D eigenvalue weighted by molar-refractivity contribution is 9.10. The van der Waals surface area contributed by atoms with E-state index in [-0.39, 0.29) is 10.7 Å². The Kier molecular flexibility index (Phi) is 4.43. The molecule has 0 spiro atoms. The van der Waals surface area contributed by atoms with Crippen LogP contribution in [0.5, 0.6) is 0 Å². The number of thiocarbonyl (C=S) groups is 1. The Bertz CT molecular complexity index is 844. The second-order valence-electron chi connectivity index (χ2n) is 4.90. The largest absolute Gasteiger partial charge is 0.298 e. The number of halogens is 1. The smallest absolute Gasteiger partial charge is 0.270 e. The molecule has 2 aromatic rings. The minimum absolute atomic E-state index is 0.0726. The quantitative estimate of drug-likeness (QED) is 0.470. The van der Waals surface area contributed by atoms with Crippen molar-refractivity contribution in [1.82, 2.24) is 5.32 Å². The summed E-state index contributed by atoms with van der Waals surface area (Å²) in [6, 6.07) is 9.23. The molecule has 1 fully saturated rings. The van der Waals surface area contributed by atoms with E-state index in [1.54, 1.807) is 12.1 Å². The average Bonchev–Trinajstić information content (AvgIpc) is 2.98. The minimum atomic E-state index is -0.473. The molecule has 1 saturated heterocycles. The van der Waals surface area contributed by atoms with E-state index in [2.05, 4.69) is 21.2 Å². The molecule has 1 aromatic heterocycles. The molecule has 0 aliphatic carbocycles. The molecule has 0 radical (unpaired) electrons. The van der Waals surface area contributed by atoms with Gasteiger partial charge < -0.3 is 0 Å². The monoisotopic (exact) mass is 406 g/mol. The fourth-order valence-electron chi connectivity index (χ4n) is 2.26. The molecule has 0 bridgehead atoms. The maximum absolute atomic E-state index is 12.8. The zero-order chi connectivity index (χ0) is 16.6. The van der Waals surface area contributed by atoms with E-state index in [1.165, 1.54) is 16.2 Å². The molecule has 1 aliphatic rings. The van der Waals surface area contributed by atoms with Crippen molar-refractivity contribution in [2.75, 3.05) is 4.90 Å². The van der Waals surface area contributed by atoms with E-state index in [9.17, 15) is 9.59 Å². The van der Waals surface area contributed by atoms with Crippen molar-refractivity contribution in [2.45, 2.75) is 6.92 Å². The molecule has 0 unspecified atom stereocenters.